The number of methoxy groups -OCH3 is 1. The number of rotatable bonds is 15. The lowest BCUT2D eigenvalue weighted by atomic mass is 10.1. The first-order valence-corrected chi connectivity index (χ1v) is 20.5. The molecule has 0 aliphatic rings. The smallest absolute Gasteiger partial charge is 0.366 e. The molecule has 66 heavy (non-hydrogen) atoms. The number of hydrogen-bond donors (Lipinski definition) is 2. The number of fused-ring (bicyclic) bond motifs is 2. The molecule has 3 aromatic carbocycles. The maximum atomic E-state index is 17.2. The first-order chi connectivity index (χ1) is 31.3. The minimum Gasteiger partial charge on any atom is -0.497 e. The number of ether oxygens (including phenoxy) is 2. The van der Waals surface area contributed by atoms with Crippen molar-refractivity contribution in [3.05, 3.63) is 117 Å². The number of primary amides is 2. The Bertz CT molecular complexity index is 3210. The van der Waals surface area contributed by atoms with E-state index in [0.29, 0.717) is 22.7 Å². The molecule has 0 fully saturated rings. The number of imidazole rings is 2. The van der Waals surface area contributed by atoms with E-state index in [2.05, 4.69) is 20.2 Å². The molecule has 18 nitrogen and oxygen atoms in total. The topological polar surface area (TPSA) is 219 Å². The molecule has 0 aliphatic carbocycles. The van der Waals surface area contributed by atoms with Crippen molar-refractivity contribution in [3.63, 3.8) is 0 Å². The van der Waals surface area contributed by atoms with Gasteiger partial charge in [0.25, 0.3) is 11.8 Å². The number of benzene rings is 3. The van der Waals surface area contributed by atoms with E-state index in [0.717, 1.165) is 27.3 Å². The van der Waals surface area contributed by atoms with Crippen LogP contribution in [0.3, 0.4) is 0 Å². The van der Waals surface area contributed by atoms with Gasteiger partial charge in [0.05, 0.1) is 41.6 Å². The van der Waals surface area contributed by atoms with Gasteiger partial charge in [-0.1, -0.05) is 12.1 Å². The van der Waals surface area contributed by atoms with E-state index < -0.39 is 59.7 Å². The van der Waals surface area contributed by atoms with Crippen LogP contribution < -0.4 is 32.2 Å². The average molecular weight is 915 g/mol. The van der Waals surface area contributed by atoms with Gasteiger partial charge < -0.3 is 34.6 Å². The zero-order valence-corrected chi connectivity index (χ0v) is 36.9. The SMILES string of the molecule is CCn1nc(C)cc1C(=O)/N=c1\n(C)c2cc(C(N)=O)cc(OCc3ccc(OC)cc3)c2n1CC(F)C(F)C(F)(F)n1/c(=N/C(=O)c2cc(C)nn2CC)n(C)c2cc(C(N)=O)ccc21. The summed E-state index contributed by atoms with van der Waals surface area (Å²) in [7, 11) is 4.17. The average Bonchev–Trinajstić information content (AvgIpc) is 4.02. The predicted octanol–water partition coefficient (Wildman–Crippen LogP) is 4.52. The third-order valence-corrected chi connectivity index (χ3v) is 11.0. The Kier molecular flexibility index (Phi) is 12.6. The van der Waals surface area contributed by atoms with Crippen LogP contribution in [0.25, 0.3) is 22.1 Å². The Labute approximate surface area is 373 Å². The van der Waals surface area contributed by atoms with Gasteiger partial charge >= 0.3 is 6.05 Å². The predicted molar refractivity (Wildman–Crippen MR) is 231 cm³/mol. The Morgan fingerprint density at radius 3 is 1.83 bits per heavy atom. The second-order valence-corrected chi connectivity index (χ2v) is 15.4. The first kappa shape index (κ1) is 46.2. The fourth-order valence-electron chi connectivity index (χ4n) is 7.69. The van der Waals surface area contributed by atoms with Crippen molar-refractivity contribution < 1.29 is 46.2 Å². The minimum atomic E-state index is -4.82. The molecular weight excluding hydrogens is 869 g/mol. The Morgan fingerprint density at radius 1 is 0.742 bits per heavy atom. The third kappa shape index (κ3) is 8.48. The molecule has 4 amide bonds. The van der Waals surface area contributed by atoms with Crippen LogP contribution in [-0.4, -0.2) is 80.9 Å². The van der Waals surface area contributed by atoms with Gasteiger partial charge in [-0.3, -0.25) is 28.5 Å². The first-order valence-electron chi connectivity index (χ1n) is 20.5. The van der Waals surface area contributed by atoms with Crippen LogP contribution in [0.15, 0.2) is 76.7 Å². The standard InChI is InChI=1S/C44H46F4N12O6/c1-8-58-33(16-23(3)53-58)40(63)51-42-56(6)32-19-27(39(50)62)20-35(66-22-25-10-13-28(65-7)14-11-25)36(32)57(42)21-29(45)37(46)44(47,48)60-30-15-12-26(38(49)61)18-31(30)55(5)43(60)52-41(64)34-17-24(4)54-59(34)9-2/h10-20,29,37H,8-9,21-22H2,1-7H3,(H2,49,61)(H2,50,62)/b51-42+,52-43+. The number of carbonyl (C=O) groups is 4. The normalized spacial score (nSPS) is 13.4. The molecular formula is C44H46F4N12O6. The second kappa shape index (κ2) is 18.0. The zero-order valence-electron chi connectivity index (χ0n) is 36.9. The van der Waals surface area contributed by atoms with Crippen molar-refractivity contribution in [2.24, 2.45) is 35.5 Å². The highest BCUT2D eigenvalue weighted by Gasteiger charge is 2.50. The minimum absolute atomic E-state index is 0.0436. The van der Waals surface area contributed by atoms with Crippen molar-refractivity contribution in [3.8, 4) is 11.5 Å². The number of amides is 4. The highest BCUT2D eigenvalue weighted by molar-refractivity contribution is 5.99. The number of halogens is 4. The van der Waals surface area contributed by atoms with Crippen LogP contribution in [0.5, 0.6) is 11.5 Å². The molecule has 0 saturated heterocycles. The van der Waals surface area contributed by atoms with Gasteiger partial charge in [-0.05, 0) is 87.9 Å². The monoisotopic (exact) mass is 914 g/mol. The third-order valence-electron chi connectivity index (χ3n) is 11.0. The van der Waals surface area contributed by atoms with E-state index in [1.165, 1.54) is 59.4 Å². The van der Waals surface area contributed by atoms with Crippen molar-refractivity contribution in [2.75, 3.05) is 7.11 Å². The van der Waals surface area contributed by atoms with E-state index >= 15 is 17.6 Å². The van der Waals surface area contributed by atoms with Gasteiger partial charge in [-0.15, -0.1) is 0 Å². The van der Waals surface area contributed by atoms with Crippen LogP contribution in [0, 0.1) is 13.8 Å². The van der Waals surface area contributed by atoms with Crippen LogP contribution in [-0.2, 0) is 46.4 Å². The van der Waals surface area contributed by atoms with Crippen LogP contribution in [0.1, 0.15) is 72.5 Å². The summed E-state index contributed by atoms with van der Waals surface area (Å²) in [5.74, 6) is -3.22. The molecule has 4 aromatic heterocycles. The summed E-state index contributed by atoms with van der Waals surface area (Å²) in [4.78, 5) is 60.6. The summed E-state index contributed by atoms with van der Waals surface area (Å²) in [6, 6.07) is 10.7. The molecule has 0 saturated carbocycles. The van der Waals surface area contributed by atoms with Crippen LogP contribution in [0.4, 0.5) is 17.6 Å². The van der Waals surface area contributed by atoms with Gasteiger partial charge in [-0.2, -0.15) is 29.0 Å². The fourth-order valence-corrected chi connectivity index (χ4v) is 7.69. The molecule has 346 valence electrons. The molecule has 7 aromatic rings. The Balaban J connectivity index is 1.41. The van der Waals surface area contributed by atoms with E-state index in [9.17, 15) is 19.2 Å². The number of nitrogens with two attached hydrogens (primary N) is 2. The molecule has 2 unspecified atom stereocenters. The van der Waals surface area contributed by atoms with Crippen LogP contribution >= 0.6 is 0 Å². The summed E-state index contributed by atoms with van der Waals surface area (Å²) < 4.78 is 85.8. The van der Waals surface area contributed by atoms with Gasteiger partial charge in [0.1, 0.15) is 35.0 Å². The lowest BCUT2D eigenvalue weighted by molar-refractivity contribution is -0.165. The number of alkyl halides is 4. The molecule has 4 heterocycles. The number of hydrogen-bond acceptors (Lipinski definition) is 8. The highest BCUT2D eigenvalue weighted by atomic mass is 19.3. The molecule has 0 radical (unpaired) electrons. The number of aromatic nitrogens is 8. The van der Waals surface area contributed by atoms with Crippen molar-refractivity contribution >= 4 is 45.7 Å². The van der Waals surface area contributed by atoms with Crippen molar-refractivity contribution in [2.45, 2.75) is 72.3 Å². The zero-order chi connectivity index (χ0) is 47.9. The Morgan fingerprint density at radius 2 is 1.29 bits per heavy atom. The van der Waals surface area contributed by atoms with Crippen molar-refractivity contribution in [1.82, 2.24) is 37.8 Å². The number of aryl methyl sites for hydroxylation is 6. The van der Waals surface area contributed by atoms with Crippen molar-refractivity contribution in [1.29, 1.82) is 0 Å². The highest BCUT2D eigenvalue weighted by Crippen LogP contribution is 2.35. The van der Waals surface area contributed by atoms with E-state index in [1.54, 1.807) is 52.0 Å². The molecule has 0 spiro atoms. The molecule has 7 rings (SSSR count). The number of nitrogens with zero attached hydrogens (tertiary/aromatic N) is 10. The molecule has 22 heteroatoms. The van der Waals surface area contributed by atoms with Crippen LogP contribution in [0.2, 0.25) is 0 Å². The lowest BCUT2D eigenvalue weighted by Crippen LogP contribution is -2.47. The summed E-state index contributed by atoms with van der Waals surface area (Å²) in [5, 5.41) is 8.51. The summed E-state index contributed by atoms with van der Waals surface area (Å²) >= 11 is 0. The number of carbonyl (C=O) groups excluding carboxylic acids is 4. The van der Waals surface area contributed by atoms with Gasteiger partial charge in [0, 0.05) is 38.3 Å². The largest absolute Gasteiger partial charge is 0.497 e. The summed E-state index contributed by atoms with van der Waals surface area (Å²) in [6.07, 6.45) is -6.80. The Hall–Kier alpha value is -7.78. The fraction of sp³-hybridized carbons (Fsp3) is 0.318. The summed E-state index contributed by atoms with van der Waals surface area (Å²) in [5.41, 5.74) is 10.9. The molecule has 2 atom stereocenters. The van der Waals surface area contributed by atoms with E-state index in [1.807, 2.05) is 0 Å². The summed E-state index contributed by atoms with van der Waals surface area (Å²) in [6.45, 7) is 5.86. The van der Waals surface area contributed by atoms with E-state index in [-0.39, 0.29) is 74.7 Å². The molecule has 4 N–H and O–H groups in total. The van der Waals surface area contributed by atoms with Gasteiger partial charge in [0.2, 0.25) is 29.2 Å². The quantitative estimate of drug-likeness (QED) is 0.139. The van der Waals surface area contributed by atoms with Gasteiger partial charge in [-0.25, -0.2) is 13.3 Å². The lowest BCUT2D eigenvalue weighted by Gasteiger charge is -2.25. The maximum absolute atomic E-state index is 17.2. The van der Waals surface area contributed by atoms with Gasteiger partial charge in [0.15, 0.2) is 6.17 Å². The molecule has 0 aliphatic heterocycles. The van der Waals surface area contributed by atoms with E-state index in [4.69, 9.17) is 20.9 Å². The second-order valence-electron chi connectivity index (χ2n) is 15.4. The maximum Gasteiger partial charge on any atom is 0.366 e. The molecule has 0 bridgehead atoms.